The van der Waals surface area contributed by atoms with Crippen molar-refractivity contribution in [3.05, 3.63) is 83.4 Å². The van der Waals surface area contributed by atoms with Crippen LogP contribution in [-0.2, 0) is 13.0 Å². The standard InChI is InChI=1S/C22H20FN3O3/c23-18-4-2-1-3-16(18)9-10-24-22(27)19-7-6-17(13-26-19)25-12-15-5-8-20-21(11-15)29-14-28-20/h1-8,11,13,25H,9-10,12,14H2,(H,24,27). The Bertz CT molecular complexity index is 1010. The fourth-order valence-electron chi connectivity index (χ4n) is 2.99. The number of hydrogen-bond donors (Lipinski definition) is 2. The van der Waals surface area contributed by atoms with E-state index in [2.05, 4.69) is 15.6 Å². The summed E-state index contributed by atoms with van der Waals surface area (Å²) in [5.74, 6) is 0.937. The molecule has 6 nitrogen and oxygen atoms in total. The van der Waals surface area contributed by atoms with E-state index >= 15 is 0 Å². The second kappa shape index (κ2) is 8.60. The summed E-state index contributed by atoms with van der Waals surface area (Å²) >= 11 is 0. The monoisotopic (exact) mass is 393 g/mol. The van der Waals surface area contributed by atoms with E-state index < -0.39 is 0 Å². The van der Waals surface area contributed by atoms with Gasteiger partial charge >= 0.3 is 0 Å². The Morgan fingerprint density at radius 3 is 2.76 bits per heavy atom. The van der Waals surface area contributed by atoms with Crippen molar-refractivity contribution in [1.82, 2.24) is 10.3 Å². The smallest absolute Gasteiger partial charge is 0.269 e. The molecule has 29 heavy (non-hydrogen) atoms. The van der Waals surface area contributed by atoms with Crippen molar-refractivity contribution in [2.75, 3.05) is 18.7 Å². The van der Waals surface area contributed by atoms with Crippen LogP contribution >= 0.6 is 0 Å². The maximum Gasteiger partial charge on any atom is 0.269 e. The Morgan fingerprint density at radius 1 is 1.07 bits per heavy atom. The number of carbonyl (C=O) groups is 1. The van der Waals surface area contributed by atoms with Crippen LogP contribution in [0.25, 0.3) is 0 Å². The normalized spacial score (nSPS) is 11.9. The fourth-order valence-corrected chi connectivity index (χ4v) is 2.99. The predicted molar refractivity (Wildman–Crippen MR) is 107 cm³/mol. The quantitative estimate of drug-likeness (QED) is 0.643. The van der Waals surface area contributed by atoms with Crippen molar-refractivity contribution in [3.63, 3.8) is 0 Å². The van der Waals surface area contributed by atoms with E-state index in [1.165, 1.54) is 6.07 Å². The van der Waals surface area contributed by atoms with Gasteiger partial charge in [0.15, 0.2) is 11.5 Å². The Balaban J connectivity index is 1.27. The number of nitrogens with zero attached hydrogens (tertiary/aromatic N) is 1. The number of benzene rings is 2. The van der Waals surface area contributed by atoms with Crippen LogP contribution in [0.4, 0.5) is 10.1 Å². The van der Waals surface area contributed by atoms with Crippen molar-refractivity contribution in [1.29, 1.82) is 0 Å². The highest BCUT2D eigenvalue weighted by atomic mass is 19.1. The molecule has 7 heteroatoms. The molecule has 0 radical (unpaired) electrons. The van der Waals surface area contributed by atoms with Crippen molar-refractivity contribution in [3.8, 4) is 11.5 Å². The number of ether oxygens (including phenoxy) is 2. The number of nitrogens with one attached hydrogen (secondary N) is 2. The third-order valence-corrected chi connectivity index (χ3v) is 4.57. The van der Waals surface area contributed by atoms with E-state index in [1.807, 2.05) is 18.2 Å². The van der Waals surface area contributed by atoms with Gasteiger partial charge in [0.2, 0.25) is 6.79 Å². The summed E-state index contributed by atoms with van der Waals surface area (Å²) in [6, 6.07) is 15.8. The van der Waals surface area contributed by atoms with E-state index in [1.54, 1.807) is 36.5 Å². The minimum atomic E-state index is -0.288. The number of carbonyl (C=O) groups excluding carboxylic acids is 1. The van der Waals surface area contributed by atoms with E-state index in [9.17, 15) is 9.18 Å². The summed E-state index contributed by atoms with van der Waals surface area (Å²) < 4.78 is 24.3. The van der Waals surface area contributed by atoms with Gasteiger partial charge in [0.05, 0.1) is 11.9 Å². The maximum absolute atomic E-state index is 13.6. The molecule has 0 unspecified atom stereocenters. The molecule has 2 heterocycles. The minimum absolute atomic E-state index is 0.250. The van der Waals surface area contributed by atoms with Gasteiger partial charge in [0, 0.05) is 13.1 Å². The average Bonchev–Trinajstić information content (AvgIpc) is 3.22. The number of amides is 1. The molecule has 1 aliphatic heterocycles. The Kier molecular flexibility index (Phi) is 5.56. The van der Waals surface area contributed by atoms with Crippen molar-refractivity contribution in [2.24, 2.45) is 0 Å². The van der Waals surface area contributed by atoms with E-state index in [-0.39, 0.29) is 18.5 Å². The summed E-state index contributed by atoms with van der Waals surface area (Å²) in [4.78, 5) is 16.4. The fraction of sp³-hybridized carbons (Fsp3) is 0.182. The largest absolute Gasteiger partial charge is 0.454 e. The molecule has 0 aliphatic carbocycles. The second-order valence-corrected chi connectivity index (χ2v) is 6.57. The van der Waals surface area contributed by atoms with Crippen LogP contribution in [0.2, 0.25) is 0 Å². The van der Waals surface area contributed by atoms with Gasteiger partial charge in [-0.3, -0.25) is 4.79 Å². The van der Waals surface area contributed by atoms with E-state index in [0.717, 1.165) is 22.7 Å². The van der Waals surface area contributed by atoms with Gasteiger partial charge in [-0.15, -0.1) is 0 Å². The third kappa shape index (κ3) is 4.63. The van der Waals surface area contributed by atoms with Gasteiger partial charge in [0.1, 0.15) is 11.5 Å². The lowest BCUT2D eigenvalue weighted by molar-refractivity contribution is 0.0949. The van der Waals surface area contributed by atoms with Crippen LogP contribution in [0.1, 0.15) is 21.6 Å². The SMILES string of the molecule is O=C(NCCc1ccccc1F)c1ccc(NCc2ccc3c(c2)OCO3)cn1. The first-order valence-electron chi connectivity index (χ1n) is 9.29. The van der Waals surface area contributed by atoms with Crippen LogP contribution in [0.5, 0.6) is 11.5 Å². The minimum Gasteiger partial charge on any atom is -0.454 e. The summed E-state index contributed by atoms with van der Waals surface area (Å²) in [7, 11) is 0. The number of fused-ring (bicyclic) bond motifs is 1. The van der Waals surface area contributed by atoms with Gasteiger partial charge < -0.3 is 20.1 Å². The molecule has 3 aromatic rings. The zero-order valence-corrected chi connectivity index (χ0v) is 15.7. The number of anilines is 1. The van der Waals surface area contributed by atoms with Crippen LogP contribution in [-0.4, -0.2) is 24.2 Å². The zero-order chi connectivity index (χ0) is 20.1. The van der Waals surface area contributed by atoms with Crippen molar-refractivity contribution in [2.45, 2.75) is 13.0 Å². The molecule has 148 valence electrons. The number of halogens is 1. The van der Waals surface area contributed by atoms with Gasteiger partial charge in [-0.25, -0.2) is 9.37 Å². The molecule has 0 bridgehead atoms. The molecule has 1 aliphatic rings. The topological polar surface area (TPSA) is 72.5 Å². The second-order valence-electron chi connectivity index (χ2n) is 6.57. The molecule has 2 aromatic carbocycles. The summed E-state index contributed by atoms with van der Waals surface area (Å²) in [5, 5.41) is 6.02. The zero-order valence-electron chi connectivity index (χ0n) is 15.7. The first-order valence-corrected chi connectivity index (χ1v) is 9.29. The number of hydrogen-bond acceptors (Lipinski definition) is 5. The van der Waals surface area contributed by atoms with Crippen LogP contribution in [0, 0.1) is 5.82 Å². The molecule has 4 rings (SSSR count). The molecular weight excluding hydrogens is 373 g/mol. The van der Waals surface area contributed by atoms with E-state index in [0.29, 0.717) is 30.8 Å². The molecule has 0 saturated carbocycles. The number of pyridine rings is 1. The Morgan fingerprint density at radius 2 is 1.93 bits per heavy atom. The summed E-state index contributed by atoms with van der Waals surface area (Å²) in [5.41, 5.74) is 2.73. The van der Waals surface area contributed by atoms with E-state index in [4.69, 9.17) is 9.47 Å². The molecular formula is C22H20FN3O3. The Labute approximate surface area is 167 Å². The molecule has 1 amide bonds. The highest BCUT2D eigenvalue weighted by Crippen LogP contribution is 2.32. The molecule has 2 N–H and O–H groups in total. The lowest BCUT2D eigenvalue weighted by Crippen LogP contribution is -2.26. The summed E-state index contributed by atoms with van der Waals surface area (Å²) in [6.45, 7) is 1.18. The Hall–Kier alpha value is -3.61. The molecule has 0 fully saturated rings. The van der Waals surface area contributed by atoms with Crippen molar-refractivity contribution >= 4 is 11.6 Å². The van der Waals surface area contributed by atoms with Crippen molar-refractivity contribution < 1.29 is 18.7 Å². The highest BCUT2D eigenvalue weighted by Gasteiger charge is 2.13. The molecule has 1 aromatic heterocycles. The molecule has 0 spiro atoms. The van der Waals surface area contributed by atoms with Crippen LogP contribution in [0.3, 0.4) is 0 Å². The first kappa shape index (κ1) is 18.7. The number of aromatic nitrogens is 1. The average molecular weight is 393 g/mol. The third-order valence-electron chi connectivity index (χ3n) is 4.57. The molecule has 0 atom stereocenters. The number of rotatable bonds is 7. The highest BCUT2D eigenvalue weighted by molar-refractivity contribution is 5.92. The lowest BCUT2D eigenvalue weighted by Gasteiger charge is -2.09. The van der Waals surface area contributed by atoms with Gasteiger partial charge in [-0.05, 0) is 47.9 Å². The molecule has 0 saturated heterocycles. The summed E-state index contributed by atoms with van der Waals surface area (Å²) in [6.07, 6.45) is 2.03. The van der Waals surface area contributed by atoms with Gasteiger partial charge in [-0.1, -0.05) is 24.3 Å². The lowest BCUT2D eigenvalue weighted by atomic mass is 10.1. The van der Waals surface area contributed by atoms with Gasteiger partial charge in [-0.2, -0.15) is 0 Å². The predicted octanol–water partition coefficient (Wildman–Crippen LogP) is 3.53. The maximum atomic E-state index is 13.6. The van der Waals surface area contributed by atoms with Gasteiger partial charge in [0.25, 0.3) is 5.91 Å². The van der Waals surface area contributed by atoms with Crippen LogP contribution < -0.4 is 20.1 Å². The first-order chi connectivity index (χ1) is 14.2. The van der Waals surface area contributed by atoms with Crippen LogP contribution in [0.15, 0.2) is 60.8 Å².